The fourth-order valence-corrected chi connectivity index (χ4v) is 3.84. The van der Waals surface area contributed by atoms with Crippen LogP contribution in [0.3, 0.4) is 0 Å². The number of amides is 1. The molecular formula is C25H27N7O5. The first-order valence-corrected chi connectivity index (χ1v) is 11.5. The van der Waals surface area contributed by atoms with Crippen LogP contribution in [0.5, 0.6) is 11.5 Å². The maximum Gasteiger partial charge on any atom is 0.332 e. The second-order valence-electron chi connectivity index (χ2n) is 8.44. The average Bonchev–Trinajstić information content (AvgIpc) is 3.25. The third-order valence-corrected chi connectivity index (χ3v) is 5.83. The zero-order valence-corrected chi connectivity index (χ0v) is 20.4. The molecule has 37 heavy (non-hydrogen) atoms. The maximum atomic E-state index is 13.0. The minimum absolute atomic E-state index is 0.0850. The van der Waals surface area contributed by atoms with Crippen molar-refractivity contribution in [2.24, 2.45) is 19.2 Å². The van der Waals surface area contributed by atoms with Gasteiger partial charge in [-0.15, -0.1) is 0 Å². The molecule has 192 valence electrons. The summed E-state index contributed by atoms with van der Waals surface area (Å²) in [5.41, 5.74) is 3.31. The number of aromatic hydroxyl groups is 2. The van der Waals surface area contributed by atoms with Crippen LogP contribution in [-0.4, -0.2) is 41.0 Å². The van der Waals surface area contributed by atoms with Crippen LogP contribution in [0.25, 0.3) is 11.2 Å². The third-order valence-electron chi connectivity index (χ3n) is 5.83. The fourth-order valence-electron chi connectivity index (χ4n) is 3.84. The first-order valence-electron chi connectivity index (χ1n) is 11.5. The Morgan fingerprint density at radius 1 is 1.08 bits per heavy atom. The minimum atomic E-state index is -0.478. The highest BCUT2D eigenvalue weighted by Gasteiger charge is 2.19. The molecule has 2 heterocycles. The predicted octanol–water partition coefficient (Wildman–Crippen LogP) is 1.39. The van der Waals surface area contributed by atoms with E-state index in [2.05, 4.69) is 20.8 Å². The smallest absolute Gasteiger partial charge is 0.332 e. The molecule has 0 bridgehead atoms. The molecule has 12 heteroatoms. The maximum absolute atomic E-state index is 13.0. The number of fused-ring (bicyclic) bond motifs is 1. The molecule has 0 spiro atoms. The number of aryl methyl sites for hydroxylation is 2. The summed E-state index contributed by atoms with van der Waals surface area (Å²) in [7, 11) is 2.97. The number of phenols is 2. The molecule has 2 aromatic carbocycles. The minimum Gasteiger partial charge on any atom is -0.508 e. The SMILES string of the molecule is Cn1c(=O)c2c(nc(NCc3ccccc3)n2CCCC(=O)N/N=C/c2ccc(O)cc2O)n(C)c1=O. The molecule has 0 fully saturated rings. The number of imidazole rings is 1. The number of carbonyl (C=O) groups excluding carboxylic acids is 1. The van der Waals surface area contributed by atoms with Crippen LogP contribution in [-0.2, 0) is 32.0 Å². The summed E-state index contributed by atoms with van der Waals surface area (Å²) in [6.07, 6.45) is 1.73. The van der Waals surface area contributed by atoms with Crippen molar-refractivity contribution in [2.45, 2.75) is 25.9 Å². The van der Waals surface area contributed by atoms with Crippen LogP contribution >= 0.6 is 0 Å². The first-order chi connectivity index (χ1) is 17.8. The van der Waals surface area contributed by atoms with Crippen molar-refractivity contribution in [3.8, 4) is 11.5 Å². The summed E-state index contributed by atoms with van der Waals surface area (Å²) in [4.78, 5) is 42.2. The van der Waals surface area contributed by atoms with E-state index in [4.69, 9.17) is 0 Å². The normalized spacial score (nSPS) is 11.3. The Hall–Kier alpha value is -4.87. The Morgan fingerprint density at radius 2 is 1.84 bits per heavy atom. The van der Waals surface area contributed by atoms with Crippen LogP contribution in [0.4, 0.5) is 5.95 Å². The molecule has 4 N–H and O–H groups in total. The van der Waals surface area contributed by atoms with Crippen molar-refractivity contribution < 1.29 is 15.0 Å². The van der Waals surface area contributed by atoms with Crippen LogP contribution in [0.2, 0.25) is 0 Å². The topological polar surface area (TPSA) is 156 Å². The van der Waals surface area contributed by atoms with E-state index in [0.29, 0.717) is 24.5 Å². The highest BCUT2D eigenvalue weighted by atomic mass is 16.3. The van der Waals surface area contributed by atoms with E-state index < -0.39 is 11.2 Å². The lowest BCUT2D eigenvalue weighted by molar-refractivity contribution is -0.121. The number of carbonyl (C=O) groups is 1. The zero-order valence-electron chi connectivity index (χ0n) is 20.4. The molecule has 4 rings (SSSR count). The lowest BCUT2D eigenvalue weighted by Crippen LogP contribution is -2.37. The molecule has 4 aromatic rings. The number of nitrogens with one attached hydrogen (secondary N) is 2. The molecule has 0 saturated heterocycles. The number of hydrazone groups is 1. The number of benzene rings is 2. The van der Waals surface area contributed by atoms with E-state index >= 15 is 0 Å². The van der Waals surface area contributed by atoms with E-state index in [1.807, 2.05) is 30.3 Å². The van der Waals surface area contributed by atoms with E-state index in [1.54, 1.807) is 11.6 Å². The average molecular weight is 506 g/mol. The second kappa shape index (κ2) is 10.8. The number of anilines is 1. The molecule has 1 amide bonds. The summed E-state index contributed by atoms with van der Waals surface area (Å²) < 4.78 is 4.04. The molecule has 0 saturated carbocycles. The van der Waals surface area contributed by atoms with Crippen molar-refractivity contribution in [2.75, 3.05) is 5.32 Å². The molecule has 12 nitrogen and oxygen atoms in total. The van der Waals surface area contributed by atoms with E-state index in [9.17, 15) is 24.6 Å². The molecule has 0 unspecified atom stereocenters. The molecular weight excluding hydrogens is 478 g/mol. The summed E-state index contributed by atoms with van der Waals surface area (Å²) in [5, 5.41) is 26.2. The molecule has 0 aliphatic heterocycles. The highest BCUT2D eigenvalue weighted by molar-refractivity contribution is 5.85. The van der Waals surface area contributed by atoms with Crippen molar-refractivity contribution >= 4 is 29.2 Å². The quantitative estimate of drug-likeness (QED) is 0.198. The van der Waals surface area contributed by atoms with Crippen molar-refractivity contribution in [1.29, 1.82) is 0 Å². The van der Waals surface area contributed by atoms with Gasteiger partial charge in [0.05, 0.1) is 6.21 Å². The molecule has 0 aliphatic carbocycles. The van der Waals surface area contributed by atoms with Crippen LogP contribution < -0.4 is 22.0 Å². The van der Waals surface area contributed by atoms with Crippen LogP contribution in [0.15, 0.2) is 63.2 Å². The Bertz CT molecular complexity index is 1590. The van der Waals surface area contributed by atoms with Gasteiger partial charge in [-0.05, 0) is 24.1 Å². The molecule has 2 aromatic heterocycles. The van der Waals surface area contributed by atoms with Crippen molar-refractivity contribution in [1.82, 2.24) is 24.1 Å². The fraction of sp³-hybridized carbons (Fsp3) is 0.240. The first kappa shape index (κ1) is 25.2. The number of hydrogen-bond donors (Lipinski definition) is 4. The Balaban J connectivity index is 1.49. The number of rotatable bonds is 9. The summed E-state index contributed by atoms with van der Waals surface area (Å²) in [6, 6.07) is 13.7. The Labute approximate surface area is 211 Å². The predicted molar refractivity (Wildman–Crippen MR) is 139 cm³/mol. The molecule has 0 radical (unpaired) electrons. The van der Waals surface area contributed by atoms with Crippen molar-refractivity contribution in [3.05, 3.63) is 80.5 Å². The lowest BCUT2D eigenvalue weighted by Gasteiger charge is -2.11. The van der Waals surface area contributed by atoms with E-state index in [-0.39, 0.29) is 41.5 Å². The number of phenolic OH excluding ortho intramolecular Hbond substituents is 2. The molecule has 0 atom stereocenters. The van der Waals surface area contributed by atoms with Gasteiger partial charge < -0.3 is 20.1 Å². The second-order valence-corrected chi connectivity index (χ2v) is 8.44. The van der Waals surface area contributed by atoms with Crippen LogP contribution in [0.1, 0.15) is 24.0 Å². The Kier molecular flexibility index (Phi) is 7.37. The van der Waals surface area contributed by atoms with Gasteiger partial charge in [0, 0.05) is 45.2 Å². The van der Waals surface area contributed by atoms with Gasteiger partial charge in [-0.1, -0.05) is 30.3 Å². The Morgan fingerprint density at radius 3 is 2.57 bits per heavy atom. The van der Waals surface area contributed by atoms with Gasteiger partial charge in [-0.2, -0.15) is 10.1 Å². The number of aromatic nitrogens is 4. The van der Waals surface area contributed by atoms with Gasteiger partial charge in [0.25, 0.3) is 5.56 Å². The van der Waals surface area contributed by atoms with Gasteiger partial charge in [0.15, 0.2) is 11.2 Å². The number of hydrogen-bond acceptors (Lipinski definition) is 8. The number of nitrogens with zero attached hydrogens (tertiary/aromatic N) is 5. The van der Waals surface area contributed by atoms with Gasteiger partial charge >= 0.3 is 5.69 Å². The van der Waals surface area contributed by atoms with Gasteiger partial charge in [0.1, 0.15) is 11.5 Å². The van der Waals surface area contributed by atoms with Gasteiger partial charge in [0.2, 0.25) is 11.9 Å². The summed E-state index contributed by atoms with van der Waals surface area (Å²) in [6.45, 7) is 0.745. The lowest BCUT2D eigenvalue weighted by atomic mass is 10.2. The summed E-state index contributed by atoms with van der Waals surface area (Å²) >= 11 is 0. The van der Waals surface area contributed by atoms with Crippen molar-refractivity contribution in [3.63, 3.8) is 0 Å². The highest BCUT2D eigenvalue weighted by Crippen LogP contribution is 2.21. The zero-order chi connectivity index (χ0) is 26.5. The largest absolute Gasteiger partial charge is 0.508 e. The summed E-state index contributed by atoms with van der Waals surface area (Å²) in [5.74, 6) is -0.203. The monoisotopic (exact) mass is 505 g/mol. The van der Waals surface area contributed by atoms with E-state index in [1.165, 1.54) is 36.0 Å². The van der Waals surface area contributed by atoms with E-state index in [0.717, 1.165) is 10.1 Å². The van der Waals surface area contributed by atoms with Gasteiger partial charge in [-0.3, -0.25) is 18.7 Å². The van der Waals surface area contributed by atoms with Gasteiger partial charge in [-0.25, -0.2) is 10.2 Å². The standard InChI is InChI=1S/C25H27N7O5/c1-30-22-21(23(36)31(2)25(30)37)32(24(28-22)26-14-16-7-4-3-5-8-16)12-6-9-20(35)29-27-15-17-10-11-18(33)13-19(17)34/h3-5,7-8,10-11,13,15,33-34H,6,9,12,14H2,1-2H3,(H,26,28)(H,29,35)/b27-15+. The third kappa shape index (κ3) is 5.53. The molecule has 0 aliphatic rings. The van der Waals surface area contributed by atoms with Crippen LogP contribution in [0, 0.1) is 0 Å².